The van der Waals surface area contributed by atoms with Crippen molar-refractivity contribution in [2.24, 2.45) is 20.5 Å². The molecule has 0 aliphatic rings. The summed E-state index contributed by atoms with van der Waals surface area (Å²) in [6, 6.07) is 18.0. The predicted octanol–water partition coefficient (Wildman–Crippen LogP) is 7.73. The molecule has 0 aliphatic carbocycles. The van der Waals surface area contributed by atoms with E-state index in [1.165, 1.54) is 11.6 Å². The first-order valence-electron chi connectivity index (χ1n) is 11.2. The highest BCUT2D eigenvalue weighted by Gasteiger charge is 2.04. The Hall–Kier alpha value is -4.33. The number of nitrogens with zero attached hydrogens (tertiary/aromatic N) is 4. The van der Waals surface area contributed by atoms with E-state index in [-0.39, 0.29) is 5.75 Å². The molecule has 35 heavy (non-hydrogen) atoms. The van der Waals surface area contributed by atoms with Gasteiger partial charge in [0.15, 0.2) is 0 Å². The van der Waals surface area contributed by atoms with Gasteiger partial charge < -0.3 is 14.6 Å². The number of benzene rings is 3. The number of hydrogen-bond donors (Lipinski definition) is 1. The predicted molar refractivity (Wildman–Crippen MR) is 135 cm³/mol. The highest BCUT2D eigenvalue weighted by atomic mass is 16.5. The van der Waals surface area contributed by atoms with Crippen LogP contribution in [0.25, 0.3) is 0 Å². The number of rotatable bonds is 11. The molecule has 0 unspecified atom stereocenters. The van der Waals surface area contributed by atoms with Crippen LogP contribution in [-0.2, 0) is 9.53 Å². The van der Waals surface area contributed by atoms with Crippen molar-refractivity contribution in [1.29, 1.82) is 0 Å². The summed E-state index contributed by atoms with van der Waals surface area (Å²) in [6.45, 7) is 8.13. The highest BCUT2D eigenvalue weighted by Crippen LogP contribution is 2.32. The zero-order chi connectivity index (χ0) is 25.0. The van der Waals surface area contributed by atoms with Gasteiger partial charge in [0.25, 0.3) is 0 Å². The first-order valence-corrected chi connectivity index (χ1v) is 11.2. The van der Waals surface area contributed by atoms with Gasteiger partial charge in [-0.05, 0) is 74.7 Å². The molecule has 8 heteroatoms. The average Bonchev–Trinajstić information content (AvgIpc) is 2.85. The van der Waals surface area contributed by atoms with Crippen LogP contribution in [0.2, 0.25) is 0 Å². The Bertz CT molecular complexity index is 1220. The largest absolute Gasteiger partial charge is 0.505 e. The Morgan fingerprint density at radius 2 is 1.49 bits per heavy atom. The van der Waals surface area contributed by atoms with E-state index in [1.54, 1.807) is 36.4 Å². The van der Waals surface area contributed by atoms with Crippen molar-refractivity contribution in [2.45, 2.75) is 26.7 Å². The third kappa shape index (κ3) is 8.19. The van der Waals surface area contributed by atoms with Gasteiger partial charge in [0, 0.05) is 12.1 Å². The Labute approximate surface area is 204 Å². The summed E-state index contributed by atoms with van der Waals surface area (Å²) >= 11 is 0. The van der Waals surface area contributed by atoms with Gasteiger partial charge in [-0.1, -0.05) is 24.3 Å². The first-order chi connectivity index (χ1) is 16.9. The molecule has 8 nitrogen and oxygen atoms in total. The van der Waals surface area contributed by atoms with E-state index in [0.717, 1.165) is 17.3 Å². The lowest BCUT2D eigenvalue weighted by Crippen LogP contribution is -2.04. The molecule has 0 spiro atoms. The molecule has 3 aromatic carbocycles. The summed E-state index contributed by atoms with van der Waals surface area (Å²) in [5.74, 6) is 0.0448. The fraction of sp³-hybridized carbons (Fsp3) is 0.222. The molecule has 0 fully saturated rings. The SMILES string of the molecule is C=CC(=O)OCCCCOc1ccc(N=Nc2ccc(N=Nc3ccc(C)cc3C)cc2)c(O)c1. The minimum Gasteiger partial charge on any atom is -0.505 e. The van der Waals surface area contributed by atoms with Gasteiger partial charge in [-0.3, -0.25) is 0 Å². The number of ether oxygens (including phenoxy) is 2. The maximum Gasteiger partial charge on any atom is 0.330 e. The normalized spacial score (nSPS) is 11.1. The van der Waals surface area contributed by atoms with Crippen molar-refractivity contribution in [2.75, 3.05) is 13.2 Å². The number of phenols is 1. The lowest BCUT2D eigenvalue weighted by Gasteiger charge is -2.07. The molecule has 1 N–H and O–H groups in total. The molecule has 0 aromatic heterocycles. The summed E-state index contributed by atoms with van der Waals surface area (Å²) in [6.07, 6.45) is 2.50. The van der Waals surface area contributed by atoms with E-state index < -0.39 is 5.97 Å². The zero-order valence-electron chi connectivity index (χ0n) is 19.8. The smallest absolute Gasteiger partial charge is 0.330 e. The number of aromatic hydroxyl groups is 1. The monoisotopic (exact) mass is 472 g/mol. The van der Waals surface area contributed by atoms with Crippen LogP contribution in [0.4, 0.5) is 22.7 Å². The van der Waals surface area contributed by atoms with Gasteiger partial charge in [0.1, 0.15) is 17.2 Å². The zero-order valence-corrected chi connectivity index (χ0v) is 19.8. The van der Waals surface area contributed by atoms with Gasteiger partial charge in [-0.25, -0.2) is 4.79 Å². The molecule has 0 saturated heterocycles. The number of carbonyl (C=O) groups is 1. The molecule has 0 heterocycles. The van der Waals surface area contributed by atoms with Crippen LogP contribution < -0.4 is 4.74 Å². The van der Waals surface area contributed by atoms with Gasteiger partial charge in [-0.2, -0.15) is 15.3 Å². The molecule has 0 radical (unpaired) electrons. The molecule has 0 atom stereocenters. The summed E-state index contributed by atoms with van der Waals surface area (Å²) in [7, 11) is 0. The number of aryl methyl sites for hydroxylation is 2. The van der Waals surface area contributed by atoms with Crippen molar-refractivity contribution < 1.29 is 19.4 Å². The van der Waals surface area contributed by atoms with Crippen molar-refractivity contribution >= 4 is 28.7 Å². The molecule has 0 bridgehead atoms. The lowest BCUT2D eigenvalue weighted by atomic mass is 10.1. The first kappa shape index (κ1) is 25.3. The van der Waals surface area contributed by atoms with Crippen LogP contribution in [-0.4, -0.2) is 24.3 Å². The minimum atomic E-state index is -0.435. The summed E-state index contributed by atoms with van der Waals surface area (Å²) in [5, 5.41) is 27.1. The third-order valence-corrected chi connectivity index (χ3v) is 4.91. The maximum atomic E-state index is 11.0. The molecule has 3 rings (SSSR count). The van der Waals surface area contributed by atoms with Crippen LogP contribution in [0.1, 0.15) is 24.0 Å². The number of hydrogen-bond acceptors (Lipinski definition) is 8. The van der Waals surface area contributed by atoms with Crippen LogP contribution in [0.15, 0.2) is 93.8 Å². The quantitative estimate of drug-likeness (QED) is 0.133. The summed E-state index contributed by atoms with van der Waals surface area (Å²) in [4.78, 5) is 11.0. The number of phenolic OH excluding ortho intramolecular Hbond substituents is 1. The molecule has 3 aromatic rings. The Morgan fingerprint density at radius 1 is 0.857 bits per heavy atom. The van der Waals surface area contributed by atoms with Gasteiger partial charge in [-0.15, -0.1) is 5.11 Å². The van der Waals surface area contributed by atoms with Gasteiger partial charge in [0.05, 0.1) is 30.3 Å². The van der Waals surface area contributed by atoms with E-state index >= 15 is 0 Å². The van der Waals surface area contributed by atoms with Crippen LogP contribution in [0.5, 0.6) is 11.5 Å². The summed E-state index contributed by atoms with van der Waals surface area (Å²) < 4.78 is 10.5. The van der Waals surface area contributed by atoms with Crippen LogP contribution in [0.3, 0.4) is 0 Å². The third-order valence-electron chi connectivity index (χ3n) is 4.91. The fourth-order valence-corrected chi connectivity index (χ4v) is 3.03. The average molecular weight is 473 g/mol. The number of azo groups is 2. The standard InChI is InChI=1S/C27H28N4O4/c1-4-27(33)35-16-6-5-15-34-23-12-14-25(26(32)18-23)31-29-22-10-8-21(9-11-22)28-30-24-13-7-19(2)17-20(24)3/h4,7-14,17-18,32H,1,5-6,15-16H2,2-3H3. The van der Waals surface area contributed by atoms with E-state index in [4.69, 9.17) is 9.47 Å². The molecule has 0 saturated carbocycles. The molecular weight excluding hydrogens is 444 g/mol. The number of unbranched alkanes of at least 4 members (excludes halogenated alkanes) is 1. The number of carbonyl (C=O) groups excluding carboxylic acids is 1. The van der Waals surface area contributed by atoms with Crippen molar-refractivity contribution in [3.05, 3.63) is 84.4 Å². The van der Waals surface area contributed by atoms with Crippen LogP contribution in [0, 0.1) is 13.8 Å². The highest BCUT2D eigenvalue weighted by molar-refractivity contribution is 5.81. The molecular formula is C27H28N4O4. The summed E-state index contributed by atoms with van der Waals surface area (Å²) in [5.41, 5.74) is 4.73. The fourth-order valence-electron chi connectivity index (χ4n) is 3.03. The Kier molecular flexibility index (Phi) is 9.24. The van der Waals surface area contributed by atoms with Crippen molar-refractivity contribution in [1.82, 2.24) is 0 Å². The molecule has 0 aliphatic heterocycles. The lowest BCUT2D eigenvalue weighted by molar-refractivity contribution is -0.137. The van der Waals surface area contributed by atoms with Crippen molar-refractivity contribution in [3.63, 3.8) is 0 Å². The van der Waals surface area contributed by atoms with Crippen molar-refractivity contribution in [3.8, 4) is 11.5 Å². The second kappa shape index (κ2) is 12.8. The molecule has 0 amide bonds. The van der Waals surface area contributed by atoms with Crippen LogP contribution >= 0.6 is 0 Å². The second-order valence-electron chi connectivity index (χ2n) is 7.78. The maximum absolute atomic E-state index is 11.0. The minimum absolute atomic E-state index is 0.0370. The molecule has 180 valence electrons. The van der Waals surface area contributed by atoms with E-state index in [2.05, 4.69) is 33.1 Å². The Morgan fingerprint density at radius 3 is 2.11 bits per heavy atom. The van der Waals surface area contributed by atoms with E-state index in [0.29, 0.717) is 48.9 Å². The number of esters is 1. The van der Waals surface area contributed by atoms with Gasteiger partial charge >= 0.3 is 5.97 Å². The van der Waals surface area contributed by atoms with E-state index in [1.807, 2.05) is 26.0 Å². The van der Waals surface area contributed by atoms with E-state index in [9.17, 15) is 9.90 Å². The Balaban J connectivity index is 1.50. The topological polar surface area (TPSA) is 105 Å². The second-order valence-corrected chi connectivity index (χ2v) is 7.78. The van der Waals surface area contributed by atoms with Gasteiger partial charge in [0.2, 0.25) is 0 Å².